The molecule has 0 bridgehead atoms. The molecule has 0 aliphatic carbocycles. The Balaban J connectivity index is 0.00000140. The van der Waals surface area contributed by atoms with E-state index < -0.39 is 0 Å². The van der Waals surface area contributed by atoms with Crippen molar-refractivity contribution in [1.29, 1.82) is 0 Å². The maximum atomic E-state index is 8.82. The molecule has 4 heteroatoms. The number of benzene rings is 2. The number of anilines is 2. The molecule has 0 saturated heterocycles. The largest absolute Gasteiger partial charge is 0.508 e. The van der Waals surface area contributed by atoms with Crippen molar-refractivity contribution < 1.29 is 9.84 Å². The standard InChI is InChI=1S/C43H81NO.C7H9NO/c1-4-6-8-10-12-14-16-18-20-22-24-26-28-30-32-34-40-44(3)42-36-38-43(39-37-42)45-41-35-33-31-29-27-25-23-21-19-17-15-13-11-9-7-5-2;1-8-6-2-4-7(9)5-3-6/h36-39H,4-35,40-41H2,1-3H3;2-5,8-9H,1H3. The van der Waals surface area contributed by atoms with Crippen LogP contribution in [0.25, 0.3) is 0 Å². The van der Waals surface area contributed by atoms with Gasteiger partial charge in [0.25, 0.3) is 0 Å². The molecule has 4 nitrogen and oxygen atoms in total. The Morgan fingerprint density at radius 3 is 1.13 bits per heavy atom. The molecule has 2 aromatic rings. The van der Waals surface area contributed by atoms with Gasteiger partial charge in [-0.1, -0.05) is 206 Å². The smallest absolute Gasteiger partial charge is 0.119 e. The van der Waals surface area contributed by atoms with Crippen LogP contribution in [-0.4, -0.2) is 32.4 Å². The summed E-state index contributed by atoms with van der Waals surface area (Å²) >= 11 is 0. The fourth-order valence-corrected chi connectivity index (χ4v) is 7.29. The molecule has 2 rings (SSSR count). The molecular formula is C50H90N2O2. The predicted octanol–water partition coefficient (Wildman–Crippen LogP) is 16.5. The maximum absolute atomic E-state index is 8.82. The lowest BCUT2D eigenvalue weighted by atomic mass is 10.0. The van der Waals surface area contributed by atoms with Crippen LogP contribution >= 0.6 is 0 Å². The molecule has 0 heterocycles. The van der Waals surface area contributed by atoms with Crippen LogP contribution in [0.5, 0.6) is 11.5 Å². The predicted molar refractivity (Wildman–Crippen MR) is 242 cm³/mol. The van der Waals surface area contributed by atoms with Crippen LogP contribution in [0.15, 0.2) is 48.5 Å². The average Bonchev–Trinajstić information content (AvgIpc) is 3.19. The fraction of sp³-hybridized carbons (Fsp3) is 0.760. The lowest BCUT2D eigenvalue weighted by Gasteiger charge is -2.19. The zero-order chi connectivity index (χ0) is 39.0. The van der Waals surface area contributed by atoms with Crippen LogP contribution in [0.2, 0.25) is 0 Å². The van der Waals surface area contributed by atoms with Gasteiger partial charge in [0.05, 0.1) is 6.61 Å². The van der Waals surface area contributed by atoms with Gasteiger partial charge in [0.1, 0.15) is 11.5 Å². The second-order valence-corrected chi connectivity index (χ2v) is 16.2. The van der Waals surface area contributed by atoms with E-state index in [0.717, 1.165) is 24.6 Å². The van der Waals surface area contributed by atoms with Gasteiger partial charge in [-0.05, 0) is 61.4 Å². The van der Waals surface area contributed by atoms with E-state index in [4.69, 9.17) is 9.84 Å². The Morgan fingerprint density at radius 2 is 0.778 bits per heavy atom. The zero-order valence-electron chi connectivity index (χ0n) is 36.5. The summed E-state index contributed by atoms with van der Waals surface area (Å²) in [5.41, 5.74) is 2.32. The number of hydrogen-bond acceptors (Lipinski definition) is 4. The Labute approximate surface area is 337 Å². The summed E-state index contributed by atoms with van der Waals surface area (Å²) in [7, 11) is 4.07. The van der Waals surface area contributed by atoms with Crippen molar-refractivity contribution in [2.24, 2.45) is 0 Å². The first kappa shape index (κ1) is 49.7. The second kappa shape index (κ2) is 38.9. The summed E-state index contributed by atoms with van der Waals surface area (Å²) < 4.78 is 6.04. The van der Waals surface area contributed by atoms with Crippen LogP contribution < -0.4 is 15.0 Å². The molecule has 0 aliphatic heterocycles. The van der Waals surface area contributed by atoms with Crippen molar-refractivity contribution in [3.05, 3.63) is 48.5 Å². The minimum Gasteiger partial charge on any atom is -0.508 e. The van der Waals surface area contributed by atoms with Crippen LogP contribution in [0.4, 0.5) is 11.4 Å². The van der Waals surface area contributed by atoms with Gasteiger partial charge in [-0.15, -0.1) is 0 Å². The molecule has 0 aliphatic rings. The number of phenols is 1. The molecule has 0 unspecified atom stereocenters. The number of ether oxygens (including phenoxy) is 1. The van der Waals surface area contributed by atoms with Crippen molar-refractivity contribution in [2.75, 3.05) is 37.5 Å². The number of hydrogen-bond donors (Lipinski definition) is 2. The Kier molecular flexibility index (Phi) is 35.8. The highest BCUT2D eigenvalue weighted by Crippen LogP contribution is 2.21. The molecule has 312 valence electrons. The zero-order valence-corrected chi connectivity index (χ0v) is 36.5. The van der Waals surface area contributed by atoms with Crippen LogP contribution in [0.1, 0.15) is 219 Å². The number of rotatable bonds is 37. The first-order valence-electron chi connectivity index (χ1n) is 23.5. The molecule has 0 fully saturated rings. The van der Waals surface area contributed by atoms with Crippen molar-refractivity contribution in [3.8, 4) is 11.5 Å². The first-order valence-corrected chi connectivity index (χ1v) is 23.5. The Morgan fingerprint density at radius 1 is 0.444 bits per heavy atom. The van der Waals surface area contributed by atoms with Crippen molar-refractivity contribution >= 4 is 11.4 Å². The van der Waals surface area contributed by atoms with Crippen LogP contribution in [-0.2, 0) is 0 Å². The van der Waals surface area contributed by atoms with E-state index >= 15 is 0 Å². The molecule has 0 atom stereocenters. The van der Waals surface area contributed by atoms with Gasteiger partial charge in [-0.2, -0.15) is 0 Å². The van der Waals surface area contributed by atoms with Gasteiger partial charge in [-0.25, -0.2) is 0 Å². The molecule has 0 spiro atoms. The lowest BCUT2D eigenvalue weighted by molar-refractivity contribution is 0.304. The van der Waals surface area contributed by atoms with Crippen molar-refractivity contribution in [2.45, 2.75) is 219 Å². The normalized spacial score (nSPS) is 11.0. The van der Waals surface area contributed by atoms with E-state index in [1.807, 2.05) is 19.2 Å². The van der Waals surface area contributed by atoms with Gasteiger partial charge in [0.2, 0.25) is 0 Å². The number of phenolic OH excluding ortho intramolecular Hbond substituents is 1. The topological polar surface area (TPSA) is 44.7 Å². The quantitative estimate of drug-likeness (QED) is 0.0533. The van der Waals surface area contributed by atoms with E-state index in [9.17, 15) is 0 Å². The summed E-state index contributed by atoms with van der Waals surface area (Å²) in [6.45, 7) is 6.61. The molecular weight excluding hydrogens is 661 g/mol. The molecule has 0 radical (unpaired) electrons. The summed E-state index contributed by atoms with van der Waals surface area (Å²) in [6.07, 6.45) is 45.4. The summed E-state index contributed by atoms with van der Waals surface area (Å²) in [5, 5.41) is 11.8. The molecule has 2 N–H and O–H groups in total. The number of nitrogens with zero attached hydrogens (tertiary/aromatic N) is 1. The molecule has 2 aromatic carbocycles. The third-order valence-corrected chi connectivity index (χ3v) is 11.0. The molecule has 0 saturated carbocycles. The highest BCUT2D eigenvalue weighted by Gasteiger charge is 2.03. The minimum absolute atomic E-state index is 0.300. The van der Waals surface area contributed by atoms with E-state index in [-0.39, 0.29) is 0 Å². The molecule has 54 heavy (non-hydrogen) atoms. The SMILES string of the molecule is CCCCCCCCCCCCCCCCCCOc1ccc(N(C)CCCCCCCCCCCCCCCCCC)cc1.CNc1ccc(O)cc1. The summed E-state index contributed by atoms with van der Waals surface area (Å²) in [6, 6.07) is 15.7. The number of nitrogens with one attached hydrogen (secondary N) is 1. The van der Waals surface area contributed by atoms with Gasteiger partial charge in [-0.3, -0.25) is 0 Å². The Bertz CT molecular complexity index is 1010. The monoisotopic (exact) mass is 751 g/mol. The van der Waals surface area contributed by atoms with Gasteiger partial charge < -0.3 is 20.1 Å². The highest BCUT2D eigenvalue weighted by molar-refractivity contribution is 5.48. The number of unbranched alkanes of at least 4 members (excludes halogenated alkanes) is 30. The van der Waals surface area contributed by atoms with E-state index in [1.165, 1.54) is 211 Å². The third kappa shape index (κ3) is 31.9. The average molecular weight is 751 g/mol. The second-order valence-electron chi connectivity index (χ2n) is 16.2. The number of aromatic hydroxyl groups is 1. The molecule has 0 aromatic heterocycles. The lowest BCUT2D eigenvalue weighted by Crippen LogP contribution is -2.18. The van der Waals surface area contributed by atoms with Gasteiger partial charge in [0.15, 0.2) is 0 Å². The Hall–Kier alpha value is -2.36. The van der Waals surface area contributed by atoms with E-state index in [0.29, 0.717) is 5.75 Å². The summed E-state index contributed by atoms with van der Waals surface area (Å²) in [5.74, 6) is 1.32. The van der Waals surface area contributed by atoms with Crippen LogP contribution in [0, 0.1) is 0 Å². The minimum atomic E-state index is 0.300. The van der Waals surface area contributed by atoms with Crippen molar-refractivity contribution in [3.63, 3.8) is 0 Å². The maximum Gasteiger partial charge on any atom is 0.119 e. The van der Waals surface area contributed by atoms with Crippen LogP contribution in [0.3, 0.4) is 0 Å². The van der Waals surface area contributed by atoms with Gasteiger partial charge >= 0.3 is 0 Å². The van der Waals surface area contributed by atoms with E-state index in [1.54, 1.807) is 12.1 Å². The summed E-state index contributed by atoms with van der Waals surface area (Å²) in [4.78, 5) is 2.41. The highest BCUT2D eigenvalue weighted by atomic mass is 16.5. The molecule has 0 amide bonds. The fourth-order valence-electron chi connectivity index (χ4n) is 7.29. The van der Waals surface area contributed by atoms with Gasteiger partial charge in [0, 0.05) is 32.0 Å². The van der Waals surface area contributed by atoms with Crippen molar-refractivity contribution in [1.82, 2.24) is 0 Å². The van der Waals surface area contributed by atoms with E-state index in [2.05, 4.69) is 55.4 Å². The first-order chi connectivity index (χ1) is 26.6. The third-order valence-electron chi connectivity index (χ3n) is 11.0.